The van der Waals surface area contributed by atoms with Gasteiger partial charge in [-0.15, -0.1) is 0 Å². The number of hydrogen-bond donors (Lipinski definition) is 0. The molecule has 1 aromatic carbocycles. The molecular formula is C20H29NO2. The van der Waals surface area contributed by atoms with Gasteiger partial charge < -0.3 is 9.64 Å². The SMILES string of the molecule is CN(C)CCOC(=O)C1(c2ccc(C3CCCCC3)cc2)CC1. The maximum absolute atomic E-state index is 12.5. The molecule has 0 bridgehead atoms. The van der Waals surface area contributed by atoms with Crippen LogP contribution in [-0.2, 0) is 14.9 Å². The Balaban J connectivity index is 1.62. The molecule has 0 heterocycles. The lowest BCUT2D eigenvalue weighted by Gasteiger charge is -2.23. The van der Waals surface area contributed by atoms with Crippen molar-refractivity contribution in [3.05, 3.63) is 35.4 Å². The zero-order valence-electron chi connectivity index (χ0n) is 14.5. The minimum Gasteiger partial charge on any atom is -0.464 e. The summed E-state index contributed by atoms with van der Waals surface area (Å²) in [4.78, 5) is 14.5. The van der Waals surface area contributed by atoms with Crippen molar-refractivity contribution in [3.8, 4) is 0 Å². The molecule has 2 saturated carbocycles. The van der Waals surface area contributed by atoms with Gasteiger partial charge in [-0.1, -0.05) is 43.5 Å². The minimum absolute atomic E-state index is 0.0373. The summed E-state index contributed by atoms with van der Waals surface area (Å²) >= 11 is 0. The van der Waals surface area contributed by atoms with Crippen LogP contribution in [0, 0.1) is 0 Å². The Labute approximate surface area is 140 Å². The van der Waals surface area contributed by atoms with Gasteiger partial charge >= 0.3 is 5.97 Å². The first kappa shape index (κ1) is 16.5. The van der Waals surface area contributed by atoms with E-state index < -0.39 is 0 Å². The lowest BCUT2D eigenvalue weighted by molar-refractivity contribution is -0.147. The van der Waals surface area contributed by atoms with E-state index in [1.807, 2.05) is 19.0 Å². The quantitative estimate of drug-likeness (QED) is 0.746. The third-order valence-electron chi connectivity index (χ3n) is 5.45. The maximum atomic E-state index is 12.5. The van der Waals surface area contributed by atoms with Crippen molar-refractivity contribution < 1.29 is 9.53 Å². The fourth-order valence-electron chi connectivity index (χ4n) is 3.70. The molecule has 0 saturated heterocycles. The highest BCUT2D eigenvalue weighted by Crippen LogP contribution is 2.49. The highest BCUT2D eigenvalue weighted by atomic mass is 16.5. The second-order valence-corrected chi connectivity index (χ2v) is 7.48. The van der Waals surface area contributed by atoms with Crippen molar-refractivity contribution >= 4 is 5.97 Å². The van der Waals surface area contributed by atoms with E-state index in [-0.39, 0.29) is 11.4 Å². The van der Waals surface area contributed by atoms with E-state index in [1.54, 1.807) is 0 Å². The number of esters is 1. The molecule has 3 heteroatoms. The van der Waals surface area contributed by atoms with Gasteiger partial charge in [-0.3, -0.25) is 4.79 Å². The van der Waals surface area contributed by atoms with Crippen molar-refractivity contribution in [2.45, 2.75) is 56.3 Å². The van der Waals surface area contributed by atoms with Gasteiger partial charge in [-0.05, 0) is 56.8 Å². The molecule has 0 aliphatic heterocycles. The first-order chi connectivity index (χ1) is 11.1. The molecule has 23 heavy (non-hydrogen) atoms. The molecule has 3 rings (SSSR count). The molecule has 126 valence electrons. The summed E-state index contributed by atoms with van der Waals surface area (Å²) in [7, 11) is 3.98. The number of likely N-dealkylation sites (N-methyl/N-ethyl adjacent to an activating group) is 1. The minimum atomic E-state index is -0.350. The van der Waals surface area contributed by atoms with Crippen LogP contribution in [0.15, 0.2) is 24.3 Å². The van der Waals surface area contributed by atoms with Crippen LogP contribution in [0.2, 0.25) is 0 Å². The third-order valence-corrected chi connectivity index (χ3v) is 5.45. The first-order valence-electron chi connectivity index (χ1n) is 9.04. The van der Waals surface area contributed by atoms with E-state index in [9.17, 15) is 4.79 Å². The fraction of sp³-hybridized carbons (Fsp3) is 0.650. The molecule has 0 atom stereocenters. The largest absolute Gasteiger partial charge is 0.464 e. The second-order valence-electron chi connectivity index (χ2n) is 7.48. The Bertz CT molecular complexity index is 525. The topological polar surface area (TPSA) is 29.5 Å². The summed E-state index contributed by atoms with van der Waals surface area (Å²) in [6.45, 7) is 1.26. The van der Waals surface area contributed by atoms with Gasteiger partial charge in [0.15, 0.2) is 0 Å². The normalized spacial score (nSPS) is 20.5. The Morgan fingerprint density at radius 3 is 2.35 bits per heavy atom. The van der Waals surface area contributed by atoms with E-state index in [2.05, 4.69) is 24.3 Å². The van der Waals surface area contributed by atoms with Crippen LogP contribution in [0.5, 0.6) is 0 Å². The average molecular weight is 315 g/mol. The molecule has 3 nitrogen and oxygen atoms in total. The van der Waals surface area contributed by atoms with Crippen LogP contribution in [0.4, 0.5) is 0 Å². The zero-order chi connectivity index (χ0) is 16.3. The van der Waals surface area contributed by atoms with E-state index in [1.165, 1.54) is 37.7 Å². The van der Waals surface area contributed by atoms with Gasteiger partial charge in [0, 0.05) is 6.54 Å². The van der Waals surface area contributed by atoms with Crippen molar-refractivity contribution in [2.24, 2.45) is 0 Å². The number of carbonyl (C=O) groups is 1. The van der Waals surface area contributed by atoms with Crippen LogP contribution in [0.3, 0.4) is 0 Å². The molecule has 1 aromatic rings. The predicted octanol–water partition coefficient (Wildman–Crippen LogP) is 3.87. The molecule has 0 spiro atoms. The van der Waals surface area contributed by atoms with Crippen molar-refractivity contribution in [3.63, 3.8) is 0 Å². The molecule has 0 N–H and O–H groups in total. The molecule has 2 aliphatic rings. The molecule has 2 fully saturated rings. The first-order valence-corrected chi connectivity index (χ1v) is 9.04. The lowest BCUT2D eigenvalue weighted by Crippen LogP contribution is -2.27. The summed E-state index contributed by atoms with van der Waals surface area (Å²) in [6.07, 6.45) is 8.58. The van der Waals surface area contributed by atoms with Gasteiger partial charge in [0.05, 0.1) is 5.41 Å². The summed E-state index contributed by atoms with van der Waals surface area (Å²) in [5.74, 6) is 0.685. The number of carbonyl (C=O) groups excluding carboxylic acids is 1. The van der Waals surface area contributed by atoms with Crippen LogP contribution in [0.1, 0.15) is 62.0 Å². The van der Waals surface area contributed by atoms with Gasteiger partial charge in [0.2, 0.25) is 0 Å². The van der Waals surface area contributed by atoms with E-state index in [0.717, 1.165) is 30.9 Å². The average Bonchev–Trinajstić information content (AvgIpc) is 3.37. The number of ether oxygens (including phenoxy) is 1. The molecular weight excluding hydrogens is 286 g/mol. The van der Waals surface area contributed by atoms with Crippen LogP contribution >= 0.6 is 0 Å². The molecule has 0 amide bonds. The number of hydrogen-bond acceptors (Lipinski definition) is 3. The Morgan fingerprint density at radius 1 is 1.13 bits per heavy atom. The third kappa shape index (κ3) is 3.77. The Hall–Kier alpha value is -1.35. The molecule has 0 radical (unpaired) electrons. The highest BCUT2D eigenvalue weighted by Gasteiger charge is 2.52. The monoisotopic (exact) mass is 315 g/mol. The lowest BCUT2D eigenvalue weighted by atomic mass is 9.83. The molecule has 0 aromatic heterocycles. The standard InChI is InChI=1S/C20H29NO2/c1-21(2)14-15-23-19(22)20(12-13-20)18-10-8-17(9-11-18)16-6-4-3-5-7-16/h8-11,16H,3-7,12-15H2,1-2H3. The summed E-state index contributed by atoms with van der Waals surface area (Å²) < 4.78 is 5.50. The van der Waals surface area contributed by atoms with Crippen molar-refractivity contribution in [1.82, 2.24) is 4.90 Å². The van der Waals surface area contributed by atoms with E-state index in [0.29, 0.717) is 6.61 Å². The van der Waals surface area contributed by atoms with Crippen molar-refractivity contribution in [2.75, 3.05) is 27.2 Å². The number of rotatable bonds is 6. The van der Waals surface area contributed by atoms with E-state index in [4.69, 9.17) is 4.74 Å². The predicted molar refractivity (Wildman–Crippen MR) is 92.7 cm³/mol. The van der Waals surface area contributed by atoms with Crippen LogP contribution in [0.25, 0.3) is 0 Å². The second kappa shape index (κ2) is 7.04. The summed E-state index contributed by atoms with van der Waals surface area (Å²) in [6, 6.07) is 8.84. The molecule has 0 unspecified atom stereocenters. The van der Waals surface area contributed by atoms with E-state index >= 15 is 0 Å². The fourth-order valence-corrected chi connectivity index (χ4v) is 3.70. The number of nitrogens with zero attached hydrogens (tertiary/aromatic N) is 1. The van der Waals surface area contributed by atoms with Gasteiger partial charge in [-0.25, -0.2) is 0 Å². The number of benzene rings is 1. The van der Waals surface area contributed by atoms with Crippen LogP contribution in [-0.4, -0.2) is 38.1 Å². The maximum Gasteiger partial charge on any atom is 0.316 e. The molecule has 2 aliphatic carbocycles. The van der Waals surface area contributed by atoms with Crippen molar-refractivity contribution in [1.29, 1.82) is 0 Å². The summed E-state index contributed by atoms with van der Waals surface area (Å²) in [5.41, 5.74) is 2.24. The smallest absolute Gasteiger partial charge is 0.316 e. The Morgan fingerprint density at radius 2 is 1.78 bits per heavy atom. The van der Waals surface area contributed by atoms with Gasteiger partial charge in [-0.2, -0.15) is 0 Å². The zero-order valence-corrected chi connectivity index (χ0v) is 14.5. The summed E-state index contributed by atoms with van der Waals surface area (Å²) in [5, 5.41) is 0. The highest BCUT2D eigenvalue weighted by molar-refractivity contribution is 5.86. The van der Waals surface area contributed by atoms with Crippen LogP contribution < -0.4 is 0 Å². The Kier molecular flexibility index (Phi) is 5.05. The van der Waals surface area contributed by atoms with Gasteiger partial charge in [0.25, 0.3) is 0 Å². The van der Waals surface area contributed by atoms with Gasteiger partial charge in [0.1, 0.15) is 6.61 Å².